The van der Waals surface area contributed by atoms with Crippen molar-refractivity contribution in [3.8, 4) is 0 Å². The second-order valence-electron chi connectivity index (χ2n) is 5.95. The van der Waals surface area contributed by atoms with Crippen LogP contribution in [0.5, 0.6) is 0 Å². The van der Waals surface area contributed by atoms with Gasteiger partial charge in [0.15, 0.2) is 5.69 Å². The van der Waals surface area contributed by atoms with Gasteiger partial charge in [-0.1, -0.05) is 21.1 Å². The molecular weight excluding hydrogens is 358 g/mol. The number of fused-ring (bicyclic) bond motifs is 3. The molecule has 0 saturated carbocycles. The number of hydrogen-bond donors (Lipinski definition) is 2. The third kappa shape index (κ3) is 2.57. The van der Waals surface area contributed by atoms with E-state index in [1.54, 1.807) is 13.0 Å². The number of aryl methyl sites for hydroxylation is 2. The summed E-state index contributed by atoms with van der Waals surface area (Å²) < 4.78 is 6.05. The molecule has 118 valence electrons. The van der Waals surface area contributed by atoms with Gasteiger partial charge in [-0.15, -0.1) is 0 Å². The molecule has 1 unspecified atom stereocenters. The number of carbonyl (C=O) groups is 1. The zero-order valence-electron chi connectivity index (χ0n) is 12.6. The van der Waals surface area contributed by atoms with Crippen molar-refractivity contribution in [2.24, 2.45) is 0 Å². The Morgan fingerprint density at radius 2 is 2.30 bits per heavy atom. The normalized spacial score (nSPS) is 17.2. The molecule has 0 radical (unpaired) electrons. The van der Waals surface area contributed by atoms with Gasteiger partial charge in [0.2, 0.25) is 0 Å². The van der Waals surface area contributed by atoms with E-state index in [0.717, 1.165) is 34.9 Å². The number of halogens is 1. The molecule has 0 aliphatic heterocycles. The topological polar surface area (TPSA) is 70.9 Å². The molecule has 5 nitrogen and oxygen atoms in total. The summed E-state index contributed by atoms with van der Waals surface area (Å²) in [4.78, 5) is 15.8. The van der Waals surface area contributed by atoms with Gasteiger partial charge in [0.25, 0.3) is 5.91 Å². The number of nitrogens with zero attached hydrogens (tertiary/aromatic N) is 1. The van der Waals surface area contributed by atoms with Gasteiger partial charge < -0.3 is 14.8 Å². The number of nitrogens with one attached hydrogen (secondary N) is 2. The van der Waals surface area contributed by atoms with Crippen LogP contribution in [0.2, 0.25) is 0 Å². The smallest absolute Gasteiger partial charge is 0.274 e. The highest BCUT2D eigenvalue weighted by Crippen LogP contribution is 2.35. The van der Waals surface area contributed by atoms with Gasteiger partial charge in [-0.2, -0.15) is 0 Å². The van der Waals surface area contributed by atoms with Crippen LogP contribution in [-0.4, -0.2) is 16.0 Å². The van der Waals surface area contributed by atoms with Gasteiger partial charge in [-0.3, -0.25) is 4.79 Å². The highest BCUT2D eigenvalue weighted by Gasteiger charge is 2.26. The van der Waals surface area contributed by atoms with Crippen molar-refractivity contribution >= 4 is 32.7 Å². The molecule has 23 heavy (non-hydrogen) atoms. The Kier molecular flexibility index (Phi) is 3.49. The Morgan fingerprint density at radius 1 is 1.43 bits per heavy atom. The van der Waals surface area contributed by atoms with Gasteiger partial charge >= 0.3 is 0 Å². The fourth-order valence-corrected chi connectivity index (χ4v) is 3.65. The second-order valence-corrected chi connectivity index (χ2v) is 6.86. The van der Waals surface area contributed by atoms with Gasteiger partial charge in [0, 0.05) is 27.1 Å². The summed E-state index contributed by atoms with van der Waals surface area (Å²) >= 11 is 3.53. The van der Waals surface area contributed by atoms with E-state index in [9.17, 15) is 4.79 Å². The highest BCUT2D eigenvalue weighted by atomic mass is 79.9. The lowest BCUT2D eigenvalue weighted by molar-refractivity contribution is 0.0922. The second kappa shape index (κ2) is 5.53. The number of rotatable bonds is 2. The van der Waals surface area contributed by atoms with Crippen molar-refractivity contribution in [1.29, 1.82) is 0 Å². The van der Waals surface area contributed by atoms with Crippen LogP contribution in [0, 0.1) is 6.92 Å². The van der Waals surface area contributed by atoms with Gasteiger partial charge in [0.1, 0.15) is 5.76 Å². The molecule has 0 fully saturated rings. The van der Waals surface area contributed by atoms with Crippen LogP contribution in [0.15, 0.2) is 33.3 Å². The number of carbonyl (C=O) groups excluding carboxylic acids is 1. The molecule has 6 heteroatoms. The molecule has 1 aromatic carbocycles. The SMILES string of the molecule is Cc1cc(C(=O)NC2CCCc3c2[nH]c2ccc(Br)cc32)no1. The minimum atomic E-state index is -0.195. The molecular formula is C17H16BrN3O2. The molecule has 2 aromatic heterocycles. The quantitative estimate of drug-likeness (QED) is 0.711. The first-order chi connectivity index (χ1) is 11.1. The lowest BCUT2D eigenvalue weighted by atomic mass is 9.91. The number of H-pyrrole nitrogens is 1. The number of benzene rings is 1. The van der Waals surface area contributed by atoms with E-state index in [1.807, 2.05) is 6.07 Å². The third-order valence-electron chi connectivity index (χ3n) is 4.34. The number of hydrogen-bond acceptors (Lipinski definition) is 3. The summed E-state index contributed by atoms with van der Waals surface area (Å²) in [5.41, 5.74) is 3.84. The van der Waals surface area contributed by atoms with Crippen molar-refractivity contribution in [3.05, 3.63) is 51.4 Å². The van der Waals surface area contributed by atoms with Crippen LogP contribution in [0.4, 0.5) is 0 Å². The molecule has 4 rings (SSSR count). The molecule has 2 heterocycles. The maximum Gasteiger partial charge on any atom is 0.274 e. The van der Waals surface area contributed by atoms with E-state index < -0.39 is 0 Å². The Balaban J connectivity index is 1.67. The van der Waals surface area contributed by atoms with Crippen LogP contribution in [0.3, 0.4) is 0 Å². The maximum absolute atomic E-state index is 12.4. The largest absolute Gasteiger partial charge is 0.361 e. The van der Waals surface area contributed by atoms with E-state index in [0.29, 0.717) is 11.5 Å². The first-order valence-corrected chi connectivity index (χ1v) is 8.45. The Bertz CT molecular complexity index is 897. The van der Waals surface area contributed by atoms with E-state index in [1.165, 1.54) is 10.9 Å². The molecule has 0 bridgehead atoms. The molecule has 0 saturated heterocycles. The van der Waals surface area contributed by atoms with Crippen LogP contribution in [0.25, 0.3) is 10.9 Å². The monoisotopic (exact) mass is 373 g/mol. The van der Waals surface area contributed by atoms with Crippen LogP contribution >= 0.6 is 15.9 Å². The molecule has 3 aromatic rings. The Hall–Kier alpha value is -2.08. The standard InChI is InChI=1S/C17H16BrN3O2/c1-9-7-15(21-23-9)17(22)20-14-4-2-3-11-12-8-10(18)5-6-13(12)19-16(11)14/h5-8,14,19H,2-4H2,1H3,(H,20,22). The summed E-state index contributed by atoms with van der Waals surface area (Å²) in [7, 11) is 0. The third-order valence-corrected chi connectivity index (χ3v) is 4.83. The fraction of sp³-hybridized carbons (Fsp3) is 0.294. The fourth-order valence-electron chi connectivity index (χ4n) is 3.28. The van der Waals surface area contributed by atoms with Crippen LogP contribution in [-0.2, 0) is 6.42 Å². The zero-order valence-corrected chi connectivity index (χ0v) is 14.2. The summed E-state index contributed by atoms with van der Waals surface area (Å²) in [6.07, 6.45) is 3.00. The van der Waals surface area contributed by atoms with E-state index in [4.69, 9.17) is 4.52 Å². The lowest BCUT2D eigenvalue weighted by Gasteiger charge is -2.23. The van der Waals surface area contributed by atoms with E-state index in [-0.39, 0.29) is 11.9 Å². The Labute approximate surface area is 141 Å². The number of aromatic nitrogens is 2. The Morgan fingerprint density at radius 3 is 3.09 bits per heavy atom. The maximum atomic E-state index is 12.4. The van der Waals surface area contributed by atoms with Gasteiger partial charge in [0.05, 0.1) is 6.04 Å². The van der Waals surface area contributed by atoms with Crippen molar-refractivity contribution in [2.45, 2.75) is 32.2 Å². The average molecular weight is 374 g/mol. The van der Waals surface area contributed by atoms with Crippen LogP contribution in [0.1, 0.15) is 46.4 Å². The summed E-state index contributed by atoms with van der Waals surface area (Å²) in [5.74, 6) is 0.439. The molecule has 1 amide bonds. The van der Waals surface area contributed by atoms with E-state index in [2.05, 4.69) is 43.5 Å². The van der Waals surface area contributed by atoms with Crippen LogP contribution < -0.4 is 5.32 Å². The predicted octanol–water partition coefficient (Wildman–Crippen LogP) is 4.03. The minimum absolute atomic E-state index is 0.0190. The number of aromatic amines is 1. The molecule has 1 aliphatic carbocycles. The van der Waals surface area contributed by atoms with Crippen molar-refractivity contribution in [1.82, 2.24) is 15.5 Å². The molecule has 1 atom stereocenters. The molecule has 2 N–H and O–H groups in total. The summed E-state index contributed by atoms with van der Waals surface area (Å²) in [6.45, 7) is 1.78. The van der Waals surface area contributed by atoms with Gasteiger partial charge in [-0.05, 0) is 49.9 Å². The predicted molar refractivity (Wildman–Crippen MR) is 90.4 cm³/mol. The van der Waals surface area contributed by atoms with Crippen molar-refractivity contribution in [3.63, 3.8) is 0 Å². The summed E-state index contributed by atoms with van der Waals surface area (Å²) in [6, 6.07) is 7.86. The lowest BCUT2D eigenvalue weighted by Crippen LogP contribution is -2.31. The zero-order chi connectivity index (χ0) is 16.0. The molecule has 1 aliphatic rings. The minimum Gasteiger partial charge on any atom is -0.361 e. The average Bonchev–Trinajstić information content (AvgIpc) is 3.12. The molecule has 0 spiro atoms. The first kappa shape index (κ1) is 14.5. The van der Waals surface area contributed by atoms with Crippen molar-refractivity contribution < 1.29 is 9.32 Å². The van der Waals surface area contributed by atoms with E-state index >= 15 is 0 Å². The number of amides is 1. The highest BCUT2D eigenvalue weighted by molar-refractivity contribution is 9.10. The summed E-state index contributed by atoms with van der Waals surface area (Å²) in [5, 5.41) is 8.09. The van der Waals surface area contributed by atoms with Gasteiger partial charge in [-0.25, -0.2) is 0 Å². The first-order valence-electron chi connectivity index (χ1n) is 7.66. The van der Waals surface area contributed by atoms with Crippen molar-refractivity contribution in [2.75, 3.05) is 0 Å².